The molecule has 0 saturated carbocycles. The van der Waals surface area contributed by atoms with Gasteiger partial charge in [-0.3, -0.25) is 4.79 Å². The summed E-state index contributed by atoms with van der Waals surface area (Å²) in [5, 5.41) is 22.8. The lowest BCUT2D eigenvalue weighted by Gasteiger charge is -2.13. The molecule has 1 aromatic heterocycles. The number of aromatic hydroxyl groups is 1. The molecule has 0 radical (unpaired) electrons. The SMILES string of the molecule is COc1cccc(C(O)C(=O)Nc2ccc3oc(=O)cc(O)c3c2)c1. The molecule has 3 rings (SSSR count). The lowest BCUT2D eigenvalue weighted by atomic mass is 10.1. The smallest absolute Gasteiger partial charge is 0.339 e. The minimum Gasteiger partial charge on any atom is -0.507 e. The van der Waals surface area contributed by atoms with Crippen LogP contribution < -0.4 is 15.7 Å². The van der Waals surface area contributed by atoms with Crippen LogP contribution >= 0.6 is 0 Å². The monoisotopic (exact) mass is 341 g/mol. The van der Waals surface area contributed by atoms with Crippen LogP contribution in [0.5, 0.6) is 11.5 Å². The maximum Gasteiger partial charge on any atom is 0.339 e. The van der Waals surface area contributed by atoms with Gasteiger partial charge in [0.25, 0.3) is 5.91 Å². The van der Waals surface area contributed by atoms with E-state index in [1.165, 1.54) is 25.3 Å². The fourth-order valence-corrected chi connectivity index (χ4v) is 2.40. The molecule has 0 bridgehead atoms. The minimum atomic E-state index is -1.40. The van der Waals surface area contributed by atoms with Gasteiger partial charge in [0.05, 0.1) is 18.6 Å². The number of methoxy groups -OCH3 is 1. The molecular formula is C18H15NO6. The van der Waals surface area contributed by atoms with E-state index in [0.717, 1.165) is 6.07 Å². The maximum atomic E-state index is 12.2. The van der Waals surface area contributed by atoms with Crippen LogP contribution in [0.25, 0.3) is 11.0 Å². The van der Waals surface area contributed by atoms with Crippen LogP contribution in [0.3, 0.4) is 0 Å². The van der Waals surface area contributed by atoms with Crippen molar-refractivity contribution in [1.29, 1.82) is 0 Å². The summed E-state index contributed by atoms with van der Waals surface area (Å²) in [6, 6.07) is 11.9. The summed E-state index contributed by atoms with van der Waals surface area (Å²) in [7, 11) is 1.49. The van der Waals surface area contributed by atoms with E-state index in [-0.39, 0.29) is 16.7 Å². The van der Waals surface area contributed by atoms with E-state index in [1.807, 2.05) is 0 Å². The van der Waals surface area contributed by atoms with E-state index in [1.54, 1.807) is 24.3 Å². The third-order valence-corrected chi connectivity index (χ3v) is 3.65. The van der Waals surface area contributed by atoms with Gasteiger partial charge in [-0.1, -0.05) is 12.1 Å². The molecule has 0 aliphatic heterocycles. The van der Waals surface area contributed by atoms with Crippen LogP contribution in [0.15, 0.2) is 57.7 Å². The molecule has 3 aromatic rings. The Balaban J connectivity index is 1.84. The Morgan fingerprint density at radius 2 is 2.00 bits per heavy atom. The molecule has 0 aliphatic rings. The van der Waals surface area contributed by atoms with Crippen LogP contribution in [0.1, 0.15) is 11.7 Å². The standard InChI is InChI=1S/C18H15NO6/c1-24-12-4-2-3-10(7-12)17(22)18(23)19-11-5-6-15-13(8-11)14(20)9-16(21)25-15/h2-9,17,20,22H,1H3,(H,19,23). The van der Waals surface area contributed by atoms with Gasteiger partial charge in [-0.2, -0.15) is 0 Å². The van der Waals surface area contributed by atoms with Gasteiger partial charge in [0.1, 0.15) is 17.1 Å². The number of ether oxygens (including phenoxy) is 1. The van der Waals surface area contributed by atoms with Crippen molar-refractivity contribution in [3.63, 3.8) is 0 Å². The van der Waals surface area contributed by atoms with Gasteiger partial charge >= 0.3 is 5.63 Å². The first-order valence-corrected chi connectivity index (χ1v) is 7.37. The van der Waals surface area contributed by atoms with Crippen LogP contribution in [0.4, 0.5) is 5.69 Å². The second-order valence-electron chi connectivity index (χ2n) is 5.33. The van der Waals surface area contributed by atoms with Crippen molar-refractivity contribution in [1.82, 2.24) is 0 Å². The number of fused-ring (bicyclic) bond motifs is 1. The Morgan fingerprint density at radius 3 is 2.76 bits per heavy atom. The number of hydrogen-bond donors (Lipinski definition) is 3. The number of amides is 1. The van der Waals surface area contributed by atoms with Gasteiger partial charge in [-0.15, -0.1) is 0 Å². The molecule has 2 aromatic carbocycles. The Kier molecular flexibility index (Phi) is 4.40. The van der Waals surface area contributed by atoms with Gasteiger partial charge < -0.3 is 24.7 Å². The second-order valence-corrected chi connectivity index (χ2v) is 5.33. The normalized spacial score (nSPS) is 11.9. The van der Waals surface area contributed by atoms with Crippen molar-refractivity contribution >= 4 is 22.6 Å². The summed E-state index contributed by atoms with van der Waals surface area (Å²) in [4.78, 5) is 23.5. The van der Waals surface area contributed by atoms with Crippen molar-refractivity contribution < 1.29 is 24.2 Å². The third-order valence-electron chi connectivity index (χ3n) is 3.65. The first kappa shape index (κ1) is 16.5. The van der Waals surface area contributed by atoms with E-state index in [4.69, 9.17) is 9.15 Å². The molecule has 7 heteroatoms. The summed E-state index contributed by atoms with van der Waals surface area (Å²) in [5.74, 6) is -0.379. The molecule has 128 valence electrons. The topological polar surface area (TPSA) is 109 Å². The summed E-state index contributed by atoms with van der Waals surface area (Å²) >= 11 is 0. The summed E-state index contributed by atoms with van der Waals surface area (Å²) in [5.41, 5.74) is 0.238. The van der Waals surface area contributed by atoms with Gasteiger partial charge in [0.15, 0.2) is 6.10 Å². The van der Waals surface area contributed by atoms with E-state index in [0.29, 0.717) is 17.0 Å². The van der Waals surface area contributed by atoms with Crippen molar-refractivity contribution in [3.05, 3.63) is 64.5 Å². The van der Waals surface area contributed by atoms with E-state index < -0.39 is 17.6 Å². The van der Waals surface area contributed by atoms with Crippen molar-refractivity contribution in [3.8, 4) is 11.5 Å². The number of carbonyl (C=O) groups excluding carboxylic acids is 1. The van der Waals surface area contributed by atoms with Gasteiger partial charge in [0, 0.05) is 5.69 Å². The van der Waals surface area contributed by atoms with E-state index >= 15 is 0 Å². The van der Waals surface area contributed by atoms with Crippen LogP contribution in [0.2, 0.25) is 0 Å². The summed E-state index contributed by atoms with van der Waals surface area (Å²) in [6.07, 6.45) is -1.40. The number of rotatable bonds is 4. The molecule has 1 atom stereocenters. The van der Waals surface area contributed by atoms with Crippen LogP contribution in [0, 0.1) is 0 Å². The summed E-state index contributed by atoms with van der Waals surface area (Å²) in [6.45, 7) is 0. The average molecular weight is 341 g/mol. The highest BCUT2D eigenvalue weighted by Crippen LogP contribution is 2.26. The Labute approximate surface area is 142 Å². The molecule has 1 amide bonds. The Bertz CT molecular complexity index is 994. The number of anilines is 1. The number of benzene rings is 2. The van der Waals surface area contributed by atoms with E-state index in [9.17, 15) is 19.8 Å². The molecule has 1 unspecified atom stereocenters. The number of aliphatic hydroxyl groups is 1. The number of hydrogen-bond acceptors (Lipinski definition) is 6. The largest absolute Gasteiger partial charge is 0.507 e. The highest BCUT2D eigenvalue weighted by Gasteiger charge is 2.18. The van der Waals surface area contributed by atoms with Gasteiger partial charge in [-0.25, -0.2) is 4.79 Å². The lowest BCUT2D eigenvalue weighted by Crippen LogP contribution is -2.20. The molecule has 0 spiro atoms. The van der Waals surface area contributed by atoms with E-state index in [2.05, 4.69) is 5.32 Å². The molecule has 0 fully saturated rings. The lowest BCUT2D eigenvalue weighted by molar-refractivity contribution is -0.124. The van der Waals surface area contributed by atoms with Gasteiger partial charge in [-0.05, 0) is 35.9 Å². The molecule has 0 saturated heterocycles. The predicted octanol–water partition coefficient (Wildman–Crippen LogP) is 2.18. The summed E-state index contributed by atoms with van der Waals surface area (Å²) < 4.78 is 10.0. The fraction of sp³-hybridized carbons (Fsp3) is 0.111. The molecular weight excluding hydrogens is 326 g/mol. The second kappa shape index (κ2) is 6.66. The Morgan fingerprint density at radius 1 is 1.20 bits per heavy atom. The molecule has 7 nitrogen and oxygen atoms in total. The predicted molar refractivity (Wildman–Crippen MR) is 90.7 cm³/mol. The molecule has 3 N–H and O–H groups in total. The zero-order chi connectivity index (χ0) is 18.0. The third kappa shape index (κ3) is 3.46. The quantitative estimate of drug-likeness (QED) is 0.628. The van der Waals surface area contributed by atoms with Crippen molar-refractivity contribution in [2.75, 3.05) is 12.4 Å². The molecule has 25 heavy (non-hydrogen) atoms. The number of aliphatic hydroxyl groups excluding tert-OH is 1. The van der Waals surface area contributed by atoms with Crippen LogP contribution in [-0.4, -0.2) is 23.2 Å². The van der Waals surface area contributed by atoms with Crippen molar-refractivity contribution in [2.24, 2.45) is 0 Å². The zero-order valence-corrected chi connectivity index (χ0v) is 13.2. The molecule has 0 aliphatic carbocycles. The van der Waals surface area contributed by atoms with Gasteiger partial charge in [0.2, 0.25) is 0 Å². The number of carbonyl (C=O) groups is 1. The maximum absolute atomic E-state index is 12.2. The minimum absolute atomic E-state index is 0.191. The first-order chi connectivity index (χ1) is 12.0. The highest BCUT2D eigenvalue weighted by atomic mass is 16.5. The zero-order valence-electron chi connectivity index (χ0n) is 13.2. The highest BCUT2D eigenvalue weighted by molar-refractivity contribution is 5.97. The Hall–Kier alpha value is -3.32. The first-order valence-electron chi connectivity index (χ1n) is 7.37. The van der Waals surface area contributed by atoms with Crippen LogP contribution in [-0.2, 0) is 4.79 Å². The number of nitrogens with one attached hydrogen (secondary N) is 1. The van der Waals surface area contributed by atoms with Crippen molar-refractivity contribution in [2.45, 2.75) is 6.10 Å². The fourth-order valence-electron chi connectivity index (χ4n) is 2.40. The average Bonchev–Trinajstić information content (AvgIpc) is 2.61. The molecule has 1 heterocycles.